The van der Waals surface area contributed by atoms with Crippen LogP contribution in [0, 0.1) is 0 Å². The van der Waals surface area contributed by atoms with Gasteiger partial charge in [0.1, 0.15) is 11.5 Å². The highest BCUT2D eigenvalue weighted by atomic mass is 35.5. The Balaban J connectivity index is 1.56. The summed E-state index contributed by atoms with van der Waals surface area (Å²) < 4.78 is 17.8. The van der Waals surface area contributed by atoms with Crippen molar-refractivity contribution in [1.29, 1.82) is 0 Å². The molecule has 4 aromatic carbocycles. The number of hydrogen-bond acceptors (Lipinski definition) is 6. The van der Waals surface area contributed by atoms with Crippen molar-refractivity contribution in [1.82, 2.24) is 5.32 Å². The molecule has 0 saturated heterocycles. The van der Waals surface area contributed by atoms with E-state index in [0.717, 1.165) is 16.7 Å². The lowest BCUT2D eigenvalue weighted by Gasteiger charge is -2.31. The molecule has 216 valence electrons. The molecule has 0 fully saturated rings. The molecule has 42 heavy (non-hydrogen) atoms. The van der Waals surface area contributed by atoms with Crippen LogP contribution in [0.4, 0.5) is 0 Å². The Morgan fingerprint density at radius 1 is 0.976 bits per heavy atom. The van der Waals surface area contributed by atoms with Crippen LogP contribution in [0.15, 0.2) is 108 Å². The van der Waals surface area contributed by atoms with Crippen molar-refractivity contribution < 1.29 is 24.1 Å². The van der Waals surface area contributed by atoms with Crippen LogP contribution in [-0.4, -0.2) is 42.8 Å². The van der Waals surface area contributed by atoms with E-state index in [1.54, 1.807) is 13.2 Å². The summed E-state index contributed by atoms with van der Waals surface area (Å²) >= 11 is 6.41. The molecule has 1 heterocycles. The Hall–Kier alpha value is -4.33. The van der Waals surface area contributed by atoms with E-state index in [2.05, 4.69) is 5.32 Å². The highest BCUT2D eigenvalue weighted by Crippen LogP contribution is 2.43. The molecule has 5 rings (SSSR count). The number of carbonyl (C=O) groups excluding carboxylic acids is 1. The van der Waals surface area contributed by atoms with Crippen LogP contribution in [0.3, 0.4) is 0 Å². The summed E-state index contributed by atoms with van der Waals surface area (Å²) in [6, 6.07) is 32.1. The molecule has 0 bridgehead atoms. The van der Waals surface area contributed by atoms with Crippen LogP contribution in [0.1, 0.15) is 34.8 Å². The molecule has 4 aromatic rings. The summed E-state index contributed by atoms with van der Waals surface area (Å²) in [5, 5.41) is 12.7. The summed E-state index contributed by atoms with van der Waals surface area (Å²) in [6.45, 7) is 0.720. The molecule has 0 aromatic heterocycles. The summed E-state index contributed by atoms with van der Waals surface area (Å²) in [6.07, 6.45) is 0.107. The van der Waals surface area contributed by atoms with Gasteiger partial charge in [-0.25, -0.2) is 4.99 Å². The van der Waals surface area contributed by atoms with E-state index in [1.807, 2.05) is 97.1 Å². The molecule has 1 aliphatic heterocycles. The van der Waals surface area contributed by atoms with Crippen molar-refractivity contribution in [2.24, 2.45) is 4.99 Å². The van der Waals surface area contributed by atoms with Crippen molar-refractivity contribution in [3.8, 4) is 11.5 Å². The van der Waals surface area contributed by atoms with E-state index in [4.69, 9.17) is 35.9 Å². The topological polar surface area (TPSA) is 89.4 Å². The summed E-state index contributed by atoms with van der Waals surface area (Å²) in [7, 11) is 1.61. The predicted octanol–water partition coefficient (Wildman–Crippen LogP) is 5.93. The Labute approximate surface area is 250 Å². The molecule has 7 nitrogen and oxygen atoms in total. The third-order valence-corrected chi connectivity index (χ3v) is 7.51. The fourth-order valence-electron chi connectivity index (χ4n) is 4.96. The third-order valence-electron chi connectivity index (χ3n) is 7.14. The van der Waals surface area contributed by atoms with Crippen molar-refractivity contribution in [2.75, 3.05) is 20.3 Å². The lowest BCUT2D eigenvalue weighted by Crippen LogP contribution is -2.49. The van der Waals surface area contributed by atoms with Gasteiger partial charge < -0.3 is 24.6 Å². The molecule has 0 unspecified atom stereocenters. The first-order chi connectivity index (χ1) is 20.5. The zero-order chi connectivity index (χ0) is 29.4. The SMILES string of the molecule is COc1cccc([C@H]2OC(c3ccc(OCCCO)cc3)=N[C@@]2(Cc2ccccc2)C(=O)NCc2ccccc2Cl)c1. The van der Waals surface area contributed by atoms with Gasteiger partial charge in [-0.15, -0.1) is 0 Å². The number of ether oxygens (including phenoxy) is 3. The van der Waals surface area contributed by atoms with E-state index in [1.165, 1.54) is 0 Å². The number of benzene rings is 4. The van der Waals surface area contributed by atoms with Gasteiger partial charge in [0, 0.05) is 36.6 Å². The van der Waals surface area contributed by atoms with E-state index in [0.29, 0.717) is 47.4 Å². The molecule has 0 saturated carbocycles. The fraction of sp³-hybridized carbons (Fsp3) is 0.235. The van der Waals surface area contributed by atoms with Gasteiger partial charge in [0.05, 0.1) is 13.7 Å². The molecular weight excluding hydrogens is 552 g/mol. The molecule has 0 spiro atoms. The number of aliphatic imine (C=N–C) groups is 1. The summed E-state index contributed by atoms with van der Waals surface area (Å²) in [5.41, 5.74) is 1.90. The number of methoxy groups -OCH3 is 1. The maximum atomic E-state index is 14.4. The van der Waals surface area contributed by atoms with Gasteiger partial charge in [-0.3, -0.25) is 4.79 Å². The van der Waals surface area contributed by atoms with Crippen LogP contribution in [0.25, 0.3) is 0 Å². The van der Waals surface area contributed by atoms with Gasteiger partial charge in [-0.1, -0.05) is 72.3 Å². The first-order valence-corrected chi connectivity index (χ1v) is 14.2. The lowest BCUT2D eigenvalue weighted by molar-refractivity contribution is -0.129. The summed E-state index contributed by atoms with van der Waals surface area (Å²) in [5.74, 6) is 1.40. The predicted molar refractivity (Wildman–Crippen MR) is 163 cm³/mol. The average Bonchev–Trinajstić information content (AvgIpc) is 3.42. The van der Waals surface area contributed by atoms with Gasteiger partial charge in [-0.2, -0.15) is 0 Å². The maximum Gasteiger partial charge on any atom is 0.252 e. The number of nitrogens with one attached hydrogen (secondary N) is 1. The molecule has 1 aliphatic rings. The minimum absolute atomic E-state index is 0.0659. The van der Waals surface area contributed by atoms with Gasteiger partial charge in [-0.05, 0) is 59.2 Å². The van der Waals surface area contributed by atoms with Crippen molar-refractivity contribution in [3.63, 3.8) is 0 Å². The molecule has 2 N–H and O–H groups in total. The van der Waals surface area contributed by atoms with Gasteiger partial charge in [0.2, 0.25) is 5.90 Å². The minimum atomic E-state index is -1.33. The number of nitrogens with zero attached hydrogens (tertiary/aromatic N) is 1. The van der Waals surface area contributed by atoms with E-state index in [-0.39, 0.29) is 19.1 Å². The van der Waals surface area contributed by atoms with Gasteiger partial charge >= 0.3 is 0 Å². The lowest BCUT2D eigenvalue weighted by atomic mass is 9.82. The molecule has 0 aliphatic carbocycles. The Morgan fingerprint density at radius 3 is 2.48 bits per heavy atom. The maximum absolute atomic E-state index is 14.4. The normalized spacial score (nSPS) is 17.7. The number of rotatable bonds is 12. The van der Waals surface area contributed by atoms with Gasteiger partial charge in [0.25, 0.3) is 5.91 Å². The molecular formula is C34H33ClN2O5. The Kier molecular flexibility index (Phi) is 9.41. The first kappa shape index (κ1) is 29.2. The molecule has 1 amide bonds. The number of hydrogen-bond donors (Lipinski definition) is 2. The van der Waals surface area contributed by atoms with E-state index >= 15 is 0 Å². The second kappa shape index (κ2) is 13.6. The zero-order valence-electron chi connectivity index (χ0n) is 23.3. The molecule has 2 atom stereocenters. The fourth-order valence-corrected chi connectivity index (χ4v) is 5.17. The van der Waals surface area contributed by atoms with Crippen LogP contribution in [0.5, 0.6) is 11.5 Å². The number of amides is 1. The first-order valence-electron chi connectivity index (χ1n) is 13.8. The molecule has 0 radical (unpaired) electrons. The standard InChI is InChI=1S/C34H33ClN2O5/c1-40-29-13-7-12-26(21-29)31-34(22-24-9-3-2-4-10-24,33(39)36-23-27-11-5-6-14-30(27)35)37-32(42-31)25-15-17-28(18-16-25)41-20-8-19-38/h2-7,9-18,21,31,38H,8,19-20,22-23H2,1H3,(H,36,39)/t31-,34-/m1/s1. The number of halogens is 1. The average molecular weight is 585 g/mol. The van der Waals surface area contributed by atoms with Crippen molar-refractivity contribution in [2.45, 2.75) is 31.0 Å². The van der Waals surface area contributed by atoms with Crippen LogP contribution < -0.4 is 14.8 Å². The highest BCUT2D eigenvalue weighted by Gasteiger charge is 2.53. The minimum Gasteiger partial charge on any atom is -0.497 e. The second-order valence-electron chi connectivity index (χ2n) is 10.0. The Morgan fingerprint density at radius 2 is 1.74 bits per heavy atom. The highest BCUT2D eigenvalue weighted by molar-refractivity contribution is 6.31. The Bertz CT molecular complexity index is 1530. The summed E-state index contributed by atoms with van der Waals surface area (Å²) in [4.78, 5) is 19.4. The monoisotopic (exact) mass is 584 g/mol. The van der Waals surface area contributed by atoms with Crippen LogP contribution in [-0.2, 0) is 22.5 Å². The van der Waals surface area contributed by atoms with Crippen molar-refractivity contribution >= 4 is 23.4 Å². The van der Waals surface area contributed by atoms with Gasteiger partial charge in [0.15, 0.2) is 11.6 Å². The quantitative estimate of drug-likeness (QED) is 0.202. The largest absolute Gasteiger partial charge is 0.497 e. The van der Waals surface area contributed by atoms with E-state index < -0.39 is 11.6 Å². The number of aliphatic hydroxyl groups excluding tert-OH is 1. The van der Waals surface area contributed by atoms with Crippen LogP contribution in [0.2, 0.25) is 5.02 Å². The van der Waals surface area contributed by atoms with Crippen molar-refractivity contribution in [3.05, 3.63) is 130 Å². The number of carbonyl (C=O) groups is 1. The second-order valence-corrected chi connectivity index (χ2v) is 10.4. The van der Waals surface area contributed by atoms with Crippen LogP contribution >= 0.6 is 11.6 Å². The smallest absolute Gasteiger partial charge is 0.252 e. The third kappa shape index (κ3) is 6.59. The number of aliphatic hydroxyl groups is 1. The molecule has 8 heteroatoms. The van der Waals surface area contributed by atoms with E-state index in [9.17, 15) is 4.79 Å². The zero-order valence-corrected chi connectivity index (χ0v) is 24.1.